The van der Waals surface area contributed by atoms with E-state index in [4.69, 9.17) is 15.9 Å². The van der Waals surface area contributed by atoms with Crippen molar-refractivity contribution in [1.82, 2.24) is 0 Å². The maximum atomic E-state index is 10.2. The maximum absolute atomic E-state index is 10.2. The molecule has 1 unspecified atom stereocenters. The second kappa shape index (κ2) is 5.94. The molecule has 0 saturated carbocycles. The van der Waals surface area contributed by atoms with Crippen LogP contribution >= 0.6 is 0 Å². The molecule has 0 radical (unpaired) electrons. The van der Waals surface area contributed by atoms with Crippen molar-refractivity contribution in [2.45, 2.75) is 18.9 Å². The fourth-order valence-electron chi connectivity index (χ4n) is 0.671. The van der Waals surface area contributed by atoms with E-state index in [0.29, 0.717) is 12.8 Å². The van der Waals surface area contributed by atoms with Gasteiger partial charge >= 0.3 is 6.09 Å². The third kappa shape index (κ3) is 5.63. The minimum atomic E-state index is -0.901. The van der Waals surface area contributed by atoms with Crippen molar-refractivity contribution in [3.63, 3.8) is 0 Å². The number of hydrogen-bond acceptors (Lipinski definition) is 4. The summed E-state index contributed by atoms with van der Waals surface area (Å²) in [6, 6.07) is 0. The summed E-state index contributed by atoms with van der Waals surface area (Å²) in [5, 5.41) is 17.0. The van der Waals surface area contributed by atoms with Gasteiger partial charge in [-0.15, -0.1) is 0 Å². The van der Waals surface area contributed by atoms with Gasteiger partial charge in [0.15, 0.2) is 0 Å². The Bertz CT molecular complexity index is 117. The van der Waals surface area contributed by atoms with Gasteiger partial charge in [0.05, 0.1) is 6.61 Å². The number of hydrogen-bond donors (Lipinski definition) is 3. The van der Waals surface area contributed by atoms with Crippen LogP contribution in [-0.2, 0) is 4.74 Å². The lowest BCUT2D eigenvalue weighted by Gasteiger charge is -2.12. The molecular weight excluding hydrogens is 150 g/mol. The number of primary amides is 1. The van der Waals surface area contributed by atoms with E-state index in [-0.39, 0.29) is 13.2 Å². The van der Waals surface area contributed by atoms with Gasteiger partial charge in [-0.3, -0.25) is 0 Å². The zero-order valence-electron chi connectivity index (χ0n) is 6.19. The second-order valence-corrected chi connectivity index (χ2v) is 2.11. The lowest BCUT2D eigenvalue weighted by Crippen LogP contribution is -2.25. The molecule has 0 aromatic carbocycles. The first-order chi connectivity index (χ1) is 5.20. The molecule has 0 spiro atoms. The Hall–Kier alpha value is -0.810. The third-order valence-corrected chi connectivity index (χ3v) is 1.17. The van der Waals surface area contributed by atoms with Crippen LogP contribution in [0.25, 0.3) is 0 Å². The van der Waals surface area contributed by atoms with Crippen LogP contribution in [0.3, 0.4) is 0 Å². The zero-order chi connectivity index (χ0) is 8.69. The van der Waals surface area contributed by atoms with Gasteiger partial charge in [0.25, 0.3) is 0 Å². The topological polar surface area (TPSA) is 92.8 Å². The number of carbonyl (C=O) groups is 1. The summed E-state index contributed by atoms with van der Waals surface area (Å²) in [6.07, 6.45) is -0.573. The summed E-state index contributed by atoms with van der Waals surface area (Å²) in [6.45, 7) is -0.248. The lowest BCUT2D eigenvalue weighted by atomic mass is 10.2. The number of rotatable bonds is 5. The molecule has 0 saturated heterocycles. The number of ether oxygens (including phenoxy) is 1. The summed E-state index contributed by atoms with van der Waals surface area (Å²) < 4.78 is 4.48. The van der Waals surface area contributed by atoms with Gasteiger partial charge in [-0.2, -0.15) is 0 Å². The number of aliphatic hydroxyl groups excluding tert-OH is 2. The number of amides is 1. The van der Waals surface area contributed by atoms with Gasteiger partial charge in [0, 0.05) is 6.61 Å². The summed E-state index contributed by atoms with van der Waals surface area (Å²) in [5.74, 6) is 0. The molecule has 5 nitrogen and oxygen atoms in total. The van der Waals surface area contributed by atoms with E-state index in [0.717, 1.165) is 0 Å². The van der Waals surface area contributed by atoms with E-state index in [1.54, 1.807) is 0 Å². The Morgan fingerprint density at radius 3 is 2.55 bits per heavy atom. The van der Waals surface area contributed by atoms with Gasteiger partial charge in [0.1, 0.15) is 6.10 Å². The van der Waals surface area contributed by atoms with E-state index in [2.05, 4.69) is 4.74 Å². The van der Waals surface area contributed by atoms with Crippen LogP contribution in [-0.4, -0.2) is 35.6 Å². The molecule has 4 N–H and O–H groups in total. The highest BCUT2D eigenvalue weighted by Crippen LogP contribution is 2.00. The molecule has 0 bridgehead atoms. The van der Waals surface area contributed by atoms with Crippen molar-refractivity contribution >= 4 is 6.09 Å². The van der Waals surface area contributed by atoms with Crippen molar-refractivity contribution in [2.24, 2.45) is 5.73 Å². The fraction of sp³-hybridized carbons (Fsp3) is 0.833. The van der Waals surface area contributed by atoms with Gasteiger partial charge in [-0.05, 0) is 12.8 Å². The van der Waals surface area contributed by atoms with Crippen LogP contribution in [0.1, 0.15) is 12.8 Å². The predicted octanol–water partition coefficient (Wildman–Crippen LogP) is -0.785. The molecule has 66 valence electrons. The van der Waals surface area contributed by atoms with Gasteiger partial charge in [-0.1, -0.05) is 0 Å². The first-order valence-corrected chi connectivity index (χ1v) is 3.38. The van der Waals surface area contributed by atoms with E-state index >= 15 is 0 Å². The third-order valence-electron chi connectivity index (χ3n) is 1.17. The highest BCUT2D eigenvalue weighted by molar-refractivity contribution is 5.64. The molecule has 0 aromatic heterocycles. The van der Waals surface area contributed by atoms with Crippen molar-refractivity contribution in [3.8, 4) is 0 Å². The molecular formula is C6H13NO4. The number of aliphatic hydroxyl groups is 2. The molecule has 0 aromatic rings. The van der Waals surface area contributed by atoms with Crippen LogP contribution in [0.4, 0.5) is 4.79 Å². The molecule has 0 fully saturated rings. The van der Waals surface area contributed by atoms with E-state index in [1.807, 2.05) is 0 Å². The predicted molar refractivity (Wildman–Crippen MR) is 37.9 cm³/mol. The van der Waals surface area contributed by atoms with Crippen LogP contribution in [0.2, 0.25) is 0 Å². The summed E-state index contributed by atoms with van der Waals surface area (Å²) in [7, 11) is 0. The lowest BCUT2D eigenvalue weighted by molar-refractivity contribution is 0.0543. The quantitative estimate of drug-likeness (QED) is 0.495. The number of nitrogens with two attached hydrogens (primary N) is 1. The zero-order valence-corrected chi connectivity index (χ0v) is 6.19. The molecule has 0 aliphatic rings. The molecule has 0 rings (SSSR count). The van der Waals surface area contributed by atoms with Crippen LogP contribution in [0.15, 0.2) is 0 Å². The monoisotopic (exact) mass is 163 g/mol. The van der Waals surface area contributed by atoms with E-state index in [1.165, 1.54) is 0 Å². The highest BCUT2D eigenvalue weighted by atomic mass is 16.6. The summed E-state index contributed by atoms with van der Waals surface area (Å²) in [4.78, 5) is 10.2. The molecule has 11 heavy (non-hydrogen) atoms. The Labute approximate surface area is 64.8 Å². The standard InChI is InChI=1S/C6H13NO4/c7-6(10)11-5(4-9)2-1-3-8/h5,8-9H,1-4H2,(H2,7,10). The Kier molecular flexibility index (Phi) is 5.50. The normalized spacial score (nSPS) is 12.5. The van der Waals surface area contributed by atoms with Crippen LogP contribution < -0.4 is 5.73 Å². The summed E-state index contributed by atoms with van der Waals surface area (Å²) >= 11 is 0. The van der Waals surface area contributed by atoms with Crippen LogP contribution in [0.5, 0.6) is 0 Å². The minimum Gasteiger partial charge on any atom is -0.444 e. The maximum Gasteiger partial charge on any atom is 0.404 e. The van der Waals surface area contributed by atoms with Crippen molar-refractivity contribution in [2.75, 3.05) is 13.2 Å². The Morgan fingerprint density at radius 2 is 2.18 bits per heavy atom. The fourth-order valence-corrected chi connectivity index (χ4v) is 0.671. The van der Waals surface area contributed by atoms with Crippen molar-refractivity contribution in [1.29, 1.82) is 0 Å². The van der Waals surface area contributed by atoms with Crippen LogP contribution in [0, 0.1) is 0 Å². The first kappa shape index (κ1) is 10.2. The average molecular weight is 163 g/mol. The number of carbonyl (C=O) groups excluding carboxylic acids is 1. The average Bonchev–Trinajstić information content (AvgIpc) is 1.97. The van der Waals surface area contributed by atoms with E-state index < -0.39 is 12.2 Å². The molecule has 0 aliphatic carbocycles. The molecule has 5 heteroatoms. The minimum absolute atomic E-state index is 0.0125. The van der Waals surface area contributed by atoms with Crippen molar-refractivity contribution in [3.05, 3.63) is 0 Å². The van der Waals surface area contributed by atoms with Gasteiger partial charge < -0.3 is 20.7 Å². The van der Waals surface area contributed by atoms with Gasteiger partial charge in [-0.25, -0.2) is 4.79 Å². The molecule has 1 atom stereocenters. The first-order valence-electron chi connectivity index (χ1n) is 3.38. The molecule has 0 heterocycles. The molecule has 1 amide bonds. The van der Waals surface area contributed by atoms with Crippen molar-refractivity contribution < 1.29 is 19.7 Å². The SMILES string of the molecule is NC(=O)OC(CO)CCCO. The largest absolute Gasteiger partial charge is 0.444 e. The molecule has 0 aliphatic heterocycles. The van der Waals surface area contributed by atoms with E-state index in [9.17, 15) is 4.79 Å². The highest BCUT2D eigenvalue weighted by Gasteiger charge is 2.09. The van der Waals surface area contributed by atoms with Gasteiger partial charge in [0.2, 0.25) is 0 Å². The Balaban J connectivity index is 3.49. The smallest absolute Gasteiger partial charge is 0.404 e. The Morgan fingerprint density at radius 1 is 1.55 bits per heavy atom. The summed E-state index contributed by atoms with van der Waals surface area (Å²) in [5.41, 5.74) is 4.71. The second-order valence-electron chi connectivity index (χ2n) is 2.11.